The van der Waals surface area contributed by atoms with Crippen LogP contribution in [0, 0.1) is 19.8 Å². The predicted octanol–water partition coefficient (Wildman–Crippen LogP) is 5.35. The van der Waals surface area contributed by atoms with Gasteiger partial charge in [0.2, 0.25) is 5.91 Å². The first-order valence-electron chi connectivity index (χ1n) is 11.6. The Morgan fingerprint density at radius 1 is 1.12 bits per heavy atom. The van der Waals surface area contributed by atoms with Crippen LogP contribution in [0.15, 0.2) is 30.3 Å². The van der Waals surface area contributed by atoms with Crippen molar-refractivity contribution in [2.24, 2.45) is 5.92 Å². The van der Waals surface area contributed by atoms with Gasteiger partial charge < -0.3 is 14.2 Å². The normalized spacial score (nSPS) is 16.1. The summed E-state index contributed by atoms with van der Waals surface area (Å²) in [4.78, 5) is 32.3. The first-order chi connectivity index (χ1) is 16.3. The van der Waals surface area contributed by atoms with Crippen molar-refractivity contribution in [2.45, 2.75) is 46.6 Å². The number of ether oxygens (including phenoxy) is 1. The smallest absolute Gasteiger partial charge is 0.310 e. The van der Waals surface area contributed by atoms with Crippen LogP contribution < -0.4 is 0 Å². The second kappa shape index (κ2) is 10.4. The molecule has 180 valence electrons. The number of imidazole rings is 1. The Labute approximate surface area is 209 Å². The molecule has 4 rings (SSSR count). The van der Waals surface area contributed by atoms with Crippen molar-refractivity contribution in [3.05, 3.63) is 62.9 Å². The fourth-order valence-corrected chi connectivity index (χ4v) is 4.79. The SMILES string of the molecule is CCOC(=O)[C@@H]1CCCN(C(=O)Cn2c(Cc3ccc(Cl)c(Cl)c3)nc3cc(C)c(C)cc32)C1. The number of halogens is 2. The van der Waals surface area contributed by atoms with Gasteiger partial charge in [-0.15, -0.1) is 0 Å². The van der Waals surface area contributed by atoms with Gasteiger partial charge in [0.05, 0.1) is 33.6 Å². The molecule has 0 spiro atoms. The van der Waals surface area contributed by atoms with Crippen LogP contribution in [-0.4, -0.2) is 46.0 Å². The molecule has 0 unspecified atom stereocenters. The summed E-state index contributed by atoms with van der Waals surface area (Å²) in [5, 5.41) is 0.990. The maximum absolute atomic E-state index is 13.4. The summed E-state index contributed by atoms with van der Waals surface area (Å²) in [6.45, 7) is 7.45. The standard InChI is InChI=1S/C26H29Cl2N3O3/c1-4-34-26(33)19-6-5-9-30(14-19)25(32)15-31-23-11-17(3)16(2)10-22(23)29-24(31)13-18-7-8-20(27)21(28)12-18/h7-8,10-12,19H,4-6,9,13-15H2,1-3H3/t19-/m1/s1. The lowest BCUT2D eigenvalue weighted by Gasteiger charge is -2.31. The Morgan fingerprint density at radius 2 is 1.88 bits per heavy atom. The summed E-state index contributed by atoms with van der Waals surface area (Å²) in [6, 6.07) is 9.67. The summed E-state index contributed by atoms with van der Waals surface area (Å²) in [5.41, 5.74) is 5.03. The highest BCUT2D eigenvalue weighted by Crippen LogP contribution is 2.27. The minimum absolute atomic E-state index is 0.0260. The zero-order valence-electron chi connectivity index (χ0n) is 19.7. The Hall–Kier alpha value is -2.57. The Balaban J connectivity index is 1.64. The van der Waals surface area contributed by atoms with Gasteiger partial charge in [-0.1, -0.05) is 29.3 Å². The monoisotopic (exact) mass is 501 g/mol. The van der Waals surface area contributed by atoms with Gasteiger partial charge in [-0.05, 0) is 74.6 Å². The van der Waals surface area contributed by atoms with Gasteiger partial charge >= 0.3 is 5.97 Å². The third-order valence-corrected chi connectivity index (χ3v) is 7.22. The average molecular weight is 502 g/mol. The average Bonchev–Trinajstić information content (AvgIpc) is 3.12. The fourth-order valence-electron chi connectivity index (χ4n) is 4.46. The second-order valence-corrected chi connectivity index (χ2v) is 9.71. The van der Waals surface area contributed by atoms with Crippen LogP contribution >= 0.6 is 23.2 Å². The fraction of sp³-hybridized carbons (Fsp3) is 0.423. The molecule has 1 aromatic heterocycles. The van der Waals surface area contributed by atoms with Crippen molar-refractivity contribution in [1.82, 2.24) is 14.5 Å². The Morgan fingerprint density at radius 3 is 2.62 bits per heavy atom. The van der Waals surface area contributed by atoms with E-state index in [1.165, 1.54) is 0 Å². The maximum atomic E-state index is 13.4. The molecule has 0 aliphatic carbocycles. The van der Waals surface area contributed by atoms with E-state index < -0.39 is 0 Å². The number of nitrogens with zero attached hydrogens (tertiary/aromatic N) is 3. The quantitative estimate of drug-likeness (QED) is 0.426. The van der Waals surface area contributed by atoms with E-state index in [1.807, 2.05) is 16.7 Å². The number of rotatable bonds is 6. The number of carbonyl (C=O) groups is 2. The summed E-state index contributed by atoms with van der Waals surface area (Å²) in [6.07, 6.45) is 2.05. The third-order valence-electron chi connectivity index (χ3n) is 6.48. The third kappa shape index (κ3) is 5.23. The van der Waals surface area contributed by atoms with E-state index >= 15 is 0 Å². The number of hydrogen-bond acceptors (Lipinski definition) is 4. The molecule has 8 heteroatoms. The minimum atomic E-state index is -0.266. The molecule has 1 atom stereocenters. The van der Waals surface area contributed by atoms with Gasteiger partial charge in [0, 0.05) is 19.5 Å². The van der Waals surface area contributed by atoms with Gasteiger partial charge in [0.1, 0.15) is 12.4 Å². The number of hydrogen-bond donors (Lipinski definition) is 0. The lowest BCUT2D eigenvalue weighted by Crippen LogP contribution is -2.44. The van der Waals surface area contributed by atoms with Gasteiger partial charge in [-0.25, -0.2) is 4.98 Å². The summed E-state index contributed by atoms with van der Waals surface area (Å²) < 4.78 is 7.18. The van der Waals surface area contributed by atoms with E-state index in [9.17, 15) is 9.59 Å². The van der Waals surface area contributed by atoms with Gasteiger partial charge in [0.25, 0.3) is 0 Å². The van der Waals surface area contributed by atoms with E-state index in [1.54, 1.807) is 17.9 Å². The van der Waals surface area contributed by atoms with Crippen LogP contribution in [0.4, 0.5) is 0 Å². The molecule has 6 nitrogen and oxygen atoms in total. The summed E-state index contributed by atoms with van der Waals surface area (Å²) in [7, 11) is 0. The molecule has 1 saturated heterocycles. The van der Waals surface area contributed by atoms with Crippen molar-refractivity contribution in [1.29, 1.82) is 0 Å². The summed E-state index contributed by atoms with van der Waals surface area (Å²) in [5.74, 6) is 0.268. The molecule has 1 aliphatic heterocycles. The first-order valence-corrected chi connectivity index (χ1v) is 12.4. The molecule has 1 fully saturated rings. The Bertz CT molecular complexity index is 1240. The Kier molecular flexibility index (Phi) is 7.48. The first kappa shape index (κ1) is 24.6. The van der Waals surface area contributed by atoms with E-state index in [-0.39, 0.29) is 24.3 Å². The van der Waals surface area contributed by atoms with E-state index in [2.05, 4.69) is 26.0 Å². The molecule has 1 aliphatic rings. The largest absolute Gasteiger partial charge is 0.466 e. The molecule has 2 aromatic carbocycles. The molecule has 0 bridgehead atoms. The highest BCUT2D eigenvalue weighted by Gasteiger charge is 2.30. The highest BCUT2D eigenvalue weighted by molar-refractivity contribution is 6.42. The van der Waals surface area contributed by atoms with Crippen molar-refractivity contribution < 1.29 is 14.3 Å². The number of amides is 1. The van der Waals surface area contributed by atoms with Crippen LogP contribution in [0.2, 0.25) is 10.0 Å². The number of piperidine rings is 1. The van der Waals surface area contributed by atoms with Gasteiger partial charge in [0.15, 0.2) is 0 Å². The second-order valence-electron chi connectivity index (χ2n) is 8.90. The molecule has 1 amide bonds. The molecule has 3 aromatic rings. The molecule has 2 heterocycles. The maximum Gasteiger partial charge on any atom is 0.310 e. The molecular weight excluding hydrogens is 473 g/mol. The molecule has 0 radical (unpaired) electrons. The number of aryl methyl sites for hydroxylation is 2. The zero-order valence-corrected chi connectivity index (χ0v) is 21.2. The van der Waals surface area contributed by atoms with Crippen molar-refractivity contribution in [3.63, 3.8) is 0 Å². The molecule has 0 saturated carbocycles. The van der Waals surface area contributed by atoms with E-state index in [4.69, 9.17) is 32.9 Å². The number of benzene rings is 2. The number of esters is 1. The highest BCUT2D eigenvalue weighted by atomic mass is 35.5. The topological polar surface area (TPSA) is 64.4 Å². The van der Waals surface area contributed by atoms with E-state index in [0.29, 0.717) is 36.2 Å². The molecular formula is C26H29Cl2N3O3. The number of fused-ring (bicyclic) bond motifs is 1. The van der Waals surface area contributed by atoms with Gasteiger partial charge in [-0.2, -0.15) is 0 Å². The summed E-state index contributed by atoms with van der Waals surface area (Å²) >= 11 is 12.3. The van der Waals surface area contributed by atoms with Crippen molar-refractivity contribution in [3.8, 4) is 0 Å². The van der Waals surface area contributed by atoms with Crippen molar-refractivity contribution >= 4 is 46.1 Å². The molecule has 34 heavy (non-hydrogen) atoms. The lowest BCUT2D eigenvalue weighted by atomic mass is 9.98. The van der Waals surface area contributed by atoms with E-state index in [0.717, 1.165) is 46.4 Å². The van der Waals surface area contributed by atoms with Crippen LogP contribution in [0.3, 0.4) is 0 Å². The zero-order chi connectivity index (χ0) is 24.4. The number of aromatic nitrogens is 2. The van der Waals surface area contributed by atoms with Crippen LogP contribution in [0.1, 0.15) is 42.3 Å². The predicted molar refractivity (Wildman–Crippen MR) is 134 cm³/mol. The minimum Gasteiger partial charge on any atom is -0.466 e. The van der Waals surface area contributed by atoms with Crippen LogP contribution in [0.5, 0.6) is 0 Å². The lowest BCUT2D eigenvalue weighted by molar-refractivity contribution is -0.151. The number of carbonyl (C=O) groups excluding carboxylic acids is 2. The molecule has 0 N–H and O–H groups in total. The van der Waals surface area contributed by atoms with Crippen LogP contribution in [0.25, 0.3) is 11.0 Å². The number of likely N-dealkylation sites (tertiary alicyclic amines) is 1. The van der Waals surface area contributed by atoms with Crippen molar-refractivity contribution in [2.75, 3.05) is 19.7 Å². The van der Waals surface area contributed by atoms with Gasteiger partial charge in [-0.3, -0.25) is 9.59 Å². The van der Waals surface area contributed by atoms with Crippen LogP contribution in [-0.2, 0) is 27.3 Å².